The van der Waals surface area contributed by atoms with Crippen LogP contribution in [0.15, 0.2) is 0 Å². The molecule has 1 aliphatic heterocycles. The zero-order chi connectivity index (χ0) is 15.2. The van der Waals surface area contributed by atoms with Crippen molar-refractivity contribution in [2.75, 3.05) is 6.54 Å². The fraction of sp³-hybridized carbons (Fsp3) is 0.706. The number of aryl methyl sites for hydroxylation is 2. The Hall–Kier alpha value is -1.69. The van der Waals surface area contributed by atoms with Crippen LogP contribution in [0.4, 0.5) is 0 Å². The fourth-order valence-electron chi connectivity index (χ4n) is 4.06. The first-order chi connectivity index (χ1) is 11.4. The van der Waals surface area contributed by atoms with Crippen LogP contribution in [0.5, 0.6) is 0 Å². The van der Waals surface area contributed by atoms with Crippen molar-refractivity contribution in [1.82, 2.24) is 30.0 Å². The highest BCUT2D eigenvalue weighted by molar-refractivity contribution is 5.19. The molecular weight excluding hydrogens is 288 g/mol. The lowest BCUT2D eigenvalue weighted by Crippen LogP contribution is -2.24. The Labute approximate surface area is 136 Å². The number of hydrogen-bond donors (Lipinski definition) is 2. The molecule has 1 atom stereocenters. The molecule has 2 fully saturated rings. The Balaban J connectivity index is 1.34. The molecule has 122 valence electrons. The van der Waals surface area contributed by atoms with Crippen LogP contribution >= 0.6 is 0 Å². The molecule has 1 unspecified atom stereocenters. The van der Waals surface area contributed by atoms with Gasteiger partial charge in [-0.3, -0.25) is 10.00 Å². The number of hydrogen-bond acceptors (Lipinski definition) is 4. The molecule has 6 nitrogen and oxygen atoms in total. The van der Waals surface area contributed by atoms with Crippen LogP contribution in [0, 0.1) is 0 Å². The van der Waals surface area contributed by atoms with E-state index in [2.05, 4.69) is 20.1 Å². The molecule has 0 spiro atoms. The number of H-pyrrole nitrogens is 2. The molecule has 0 amide bonds. The summed E-state index contributed by atoms with van der Waals surface area (Å²) in [5.41, 5.74) is 2.70. The van der Waals surface area contributed by atoms with Crippen LogP contribution < -0.4 is 0 Å². The summed E-state index contributed by atoms with van der Waals surface area (Å²) in [6.45, 7) is 1.98. The van der Waals surface area contributed by atoms with Crippen molar-refractivity contribution < 1.29 is 0 Å². The van der Waals surface area contributed by atoms with Gasteiger partial charge in [0.05, 0.1) is 18.3 Å². The third kappa shape index (κ3) is 2.59. The second-order valence-corrected chi connectivity index (χ2v) is 7.30. The van der Waals surface area contributed by atoms with Gasteiger partial charge in [-0.25, -0.2) is 9.97 Å². The lowest BCUT2D eigenvalue weighted by atomic mass is 10.0. The summed E-state index contributed by atoms with van der Waals surface area (Å²) in [5.74, 6) is 3.82. The minimum atomic E-state index is 0.412. The molecule has 1 saturated carbocycles. The van der Waals surface area contributed by atoms with Crippen LogP contribution in [0.2, 0.25) is 0 Å². The van der Waals surface area contributed by atoms with Gasteiger partial charge in [0.1, 0.15) is 11.6 Å². The van der Waals surface area contributed by atoms with Crippen LogP contribution in [0.25, 0.3) is 0 Å². The molecule has 2 aliphatic carbocycles. The fourth-order valence-corrected chi connectivity index (χ4v) is 4.06. The molecule has 5 rings (SSSR count). The second-order valence-electron chi connectivity index (χ2n) is 7.30. The Morgan fingerprint density at radius 3 is 2.83 bits per heavy atom. The normalized spacial score (nSPS) is 25.0. The van der Waals surface area contributed by atoms with Crippen LogP contribution in [0.3, 0.4) is 0 Å². The standard InChI is InChI=1S/C17H24N6/c1-2-5-13-12(4-1)18-17(19-13)14-6-3-9-23(14)10-15-20-16(22-21-15)11-7-8-11/h11,14H,1-10H2,(H,18,19)(H,20,21,22). The Bertz CT molecular complexity index is 674. The summed E-state index contributed by atoms with van der Waals surface area (Å²) in [6.07, 6.45) is 9.82. The summed E-state index contributed by atoms with van der Waals surface area (Å²) in [6, 6.07) is 0.412. The van der Waals surface area contributed by atoms with Crippen molar-refractivity contribution >= 4 is 0 Å². The van der Waals surface area contributed by atoms with Crippen molar-refractivity contribution in [2.24, 2.45) is 0 Å². The van der Waals surface area contributed by atoms with E-state index < -0.39 is 0 Å². The first kappa shape index (κ1) is 13.7. The molecule has 2 N–H and O–H groups in total. The van der Waals surface area contributed by atoms with E-state index in [0.29, 0.717) is 12.0 Å². The third-order valence-electron chi connectivity index (χ3n) is 5.50. The molecule has 3 aliphatic rings. The van der Waals surface area contributed by atoms with E-state index in [1.54, 1.807) is 0 Å². The SMILES string of the molecule is C1CCc2[nH]c(C3CCCN3Cc3nc(C4CC4)n[nH]3)nc2C1. The highest BCUT2D eigenvalue weighted by Gasteiger charge is 2.32. The van der Waals surface area contributed by atoms with Gasteiger partial charge < -0.3 is 4.98 Å². The van der Waals surface area contributed by atoms with Gasteiger partial charge in [0, 0.05) is 11.6 Å². The average Bonchev–Trinajstić information content (AvgIpc) is 3.00. The number of aromatic nitrogens is 5. The van der Waals surface area contributed by atoms with E-state index in [4.69, 9.17) is 9.97 Å². The molecule has 0 radical (unpaired) electrons. The first-order valence-electron chi connectivity index (χ1n) is 9.10. The summed E-state index contributed by atoms with van der Waals surface area (Å²) in [7, 11) is 0. The van der Waals surface area contributed by atoms with Crippen LogP contribution in [-0.4, -0.2) is 36.6 Å². The predicted octanol–water partition coefficient (Wildman–Crippen LogP) is 2.62. The highest BCUT2D eigenvalue weighted by Crippen LogP contribution is 2.38. The lowest BCUT2D eigenvalue weighted by molar-refractivity contribution is 0.235. The summed E-state index contributed by atoms with van der Waals surface area (Å²) in [4.78, 5) is 15.7. The zero-order valence-corrected chi connectivity index (χ0v) is 13.5. The minimum Gasteiger partial charge on any atom is -0.344 e. The molecule has 2 aromatic heterocycles. The van der Waals surface area contributed by atoms with Crippen LogP contribution in [0.1, 0.15) is 79.3 Å². The number of nitrogens with one attached hydrogen (secondary N) is 2. The van der Waals surface area contributed by atoms with Crippen molar-refractivity contribution in [1.29, 1.82) is 0 Å². The molecule has 2 aromatic rings. The molecule has 0 bridgehead atoms. The molecule has 1 saturated heterocycles. The number of likely N-dealkylation sites (tertiary alicyclic amines) is 1. The largest absolute Gasteiger partial charge is 0.344 e. The Morgan fingerprint density at radius 2 is 1.96 bits per heavy atom. The maximum Gasteiger partial charge on any atom is 0.153 e. The Morgan fingerprint density at radius 1 is 1.04 bits per heavy atom. The minimum absolute atomic E-state index is 0.412. The van der Waals surface area contributed by atoms with Gasteiger partial charge in [0.25, 0.3) is 0 Å². The van der Waals surface area contributed by atoms with Gasteiger partial charge in [-0.1, -0.05) is 0 Å². The maximum atomic E-state index is 4.92. The number of nitrogens with zero attached hydrogens (tertiary/aromatic N) is 4. The van der Waals surface area contributed by atoms with Crippen molar-refractivity contribution in [2.45, 2.75) is 69.9 Å². The monoisotopic (exact) mass is 312 g/mol. The Kier molecular flexibility index (Phi) is 3.25. The van der Waals surface area contributed by atoms with E-state index >= 15 is 0 Å². The number of aromatic amines is 2. The van der Waals surface area contributed by atoms with Gasteiger partial charge in [-0.15, -0.1) is 0 Å². The van der Waals surface area contributed by atoms with Crippen molar-refractivity contribution in [3.63, 3.8) is 0 Å². The van der Waals surface area contributed by atoms with Gasteiger partial charge >= 0.3 is 0 Å². The summed E-state index contributed by atoms with van der Waals surface area (Å²) >= 11 is 0. The highest BCUT2D eigenvalue weighted by atomic mass is 15.3. The molecule has 6 heteroatoms. The van der Waals surface area contributed by atoms with Crippen molar-refractivity contribution in [3.8, 4) is 0 Å². The molecule has 3 heterocycles. The van der Waals surface area contributed by atoms with Crippen molar-refractivity contribution in [3.05, 3.63) is 28.9 Å². The maximum absolute atomic E-state index is 4.92. The zero-order valence-electron chi connectivity index (χ0n) is 13.5. The third-order valence-corrected chi connectivity index (χ3v) is 5.50. The number of rotatable bonds is 4. The molecule has 0 aromatic carbocycles. The quantitative estimate of drug-likeness (QED) is 0.910. The van der Waals surface area contributed by atoms with E-state index in [0.717, 1.165) is 31.2 Å². The molecular formula is C17H24N6. The van der Waals surface area contributed by atoms with Crippen LogP contribution in [-0.2, 0) is 19.4 Å². The van der Waals surface area contributed by atoms with E-state index in [9.17, 15) is 0 Å². The summed E-state index contributed by atoms with van der Waals surface area (Å²) < 4.78 is 0. The lowest BCUT2D eigenvalue weighted by Gasteiger charge is -2.21. The summed E-state index contributed by atoms with van der Waals surface area (Å²) in [5, 5.41) is 7.53. The number of fused-ring (bicyclic) bond motifs is 1. The van der Waals surface area contributed by atoms with Gasteiger partial charge in [-0.2, -0.15) is 5.10 Å². The second kappa shape index (κ2) is 5.44. The molecule has 23 heavy (non-hydrogen) atoms. The van der Waals surface area contributed by atoms with E-state index in [-0.39, 0.29) is 0 Å². The van der Waals surface area contributed by atoms with E-state index in [1.807, 2.05) is 0 Å². The smallest absolute Gasteiger partial charge is 0.153 e. The number of imidazole rings is 1. The van der Waals surface area contributed by atoms with E-state index in [1.165, 1.54) is 62.2 Å². The average molecular weight is 312 g/mol. The van der Waals surface area contributed by atoms with Gasteiger partial charge in [0.2, 0.25) is 0 Å². The van der Waals surface area contributed by atoms with Gasteiger partial charge in [0.15, 0.2) is 5.82 Å². The predicted molar refractivity (Wildman–Crippen MR) is 86.0 cm³/mol. The first-order valence-corrected chi connectivity index (χ1v) is 9.10. The topological polar surface area (TPSA) is 73.5 Å². The van der Waals surface area contributed by atoms with Gasteiger partial charge in [-0.05, 0) is 57.9 Å².